The standard InChI is InChI=1S/C13H7Cl2N3O2/c14-7-1-4-11(16-6-7)12-17-13(20-18-12)9-5-8(19)2-3-10(9)15/h1-6,19H. The highest BCUT2D eigenvalue weighted by atomic mass is 35.5. The van der Waals surface area contributed by atoms with Crippen molar-refractivity contribution in [2.75, 3.05) is 0 Å². The van der Waals surface area contributed by atoms with Gasteiger partial charge in [-0.2, -0.15) is 4.98 Å². The Labute approximate surface area is 123 Å². The van der Waals surface area contributed by atoms with Gasteiger partial charge < -0.3 is 9.63 Å². The zero-order chi connectivity index (χ0) is 14.1. The molecule has 5 nitrogen and oxygen atoms in total. The molecule has 1 N–H and O–H groups in total. The van der Waals surface area contributed by atoms with Crippen LogP contribution in [0.2, 0.25) is 10.0 Å². The van der Waals surface area contributed by atoms with E-state index >= 15 is 0 Å². The van der Waals surface area contributed by atoms with Crippen LogP contribution in [0.3, 0.4) is 0 Å². The first-order chi connectivity index (χ1) is 9.63. The van der Waals surface area contributed by atoms with Gasteiger partial charge in [-0.1, -0.05) is 28.4 Å². The van der Waals surface area contributed by atoms with Gasteiger partial charge in [0.2, 0.25) is 5.82 Å². The number of phenolic OH excluding ortho intramolecular Hbond substituents is 1. The van der Waals surface area contributed by atoms with Gasteiger partial charge in [0.05, 0.1) is 15.6 Å². The number of rotatable bonds is 2. The van der Waals surface area contributed by atoms with Gasteiger partial charge in [-0.05, 0) is 30.3 Å². The maximum atomic E-state index is 9.48. The van der Waals surface area contributed by atoms with Gasteiger partial charge in [-0.25, -0.2) is 0 Å². The lowest BCUT2D eigenvalue weighted by Crippen LogP contribution is -1.85. The molecule has 1 aromatic carbocycles. The Morgan fingerprint density at radius 1 is 1.10 bits per heavy atom. The molecule has 0 aliphatic heterocycles. The molecule has 100 valence electrons. The fraction of sp³-hybridized carbons (Fsp3) is 0. The summed E-state index contributed by atoms with van der Waals surface area (Å²) in [5.74, 6) is 0.586. The zero-order valence-corrected chi connectivity index (χ0v) is 11.4. The number of benzene rings is 1. The molecule has 0 atom stereocenters. The van der Waals surface area contributed by atoms with E-state index in [-0.39, 0.29) is 11.6 Å². The highest BCUT2D eigenvalue weighted by Crippen LogP contribution is 2.30. The molecule has 3 aromatic rings. The first kappa shape index (κ1) is 12.9. The maximum Gasteiger partial charge on any atom is 0.259 e. The van der Waals surface area contributed by atoms with Crippen molar-refractivity contribution in [3.63, 3.8) is 0 Å². The van der Waals surface area contributed by atoms with Crippen molar-refractivity contribution >= 4 is 23.2 Å². The van der Waals surface area contributed by atoms with E-state index in [1.54, 1.807) is 18.2 Å². The SMILES string of the molecule is Oc1ccc(Cl)c(-c2nc(-c3ccc(Cl)cn3)no2)c1. The zero-order valence-electron chi connectivity index (χ0n) is 9.92. The van der Waals surface area contributed by atoms with E-state index in [9.17, 15) is 5.11 Å². The third kappa shape index (κ3) is 2.45. The molecule has 0 bridgehead atoms. The van der Waals surface area contributed by atoms with Crippen molar-refractivity contribution in [2.45, 2.75) is 0 Å². The lowest BCUT2D eigenvalue weighted by atomic mass is 10.2. The maximum absolute atomic E-state index is 9.48. The molecule has 0 saturated heterocycles. The van der Waals surface area contributed by atoms with E-state index in [0.29, 0.717) is 27.1 Å². The van der Waals surface area contributed by atoms with E-state index in [1.807, 2.05) is 0 Å². The number of phenols is 1. The third-order valence-electron chi connectivity index (χ3n) is 2.56. The topological polar surface area (TPSA) is 72.0 Å². The molecule has 20 heavy (non-hydrogen) atoms. The second-order valence-corrected chi connectivity index (χ2v) is 4.79. The molecule has 0 fully saturated rings. The Balaban J connectivity index is 2.01. The number of halogens is 2. The second kappa shape index (κ2) is 5.11. The summed E-state index contributed by atoms with van der Waals surface area (Å²) < 4.78 is 5.14. The van der Waals surface area contributed by atoms with Crippen molar-refractivity contribution < 1.29 is 9.63 Å². The highest BCUT2D eigenvalue weighted by molar-refractivity contribution is 6.33. The van der Waals surface area contributed by atoms with Crippen molar-refractivity contribution in [3.05, 3.63) is 46.6 Å². The molecule has 2 aromatic heterocycles. The van der Waals surface area contributed by atoms with Gasteiger partial charge in [0, 0.05) is 6.20 Å². The Morgan fingerprint density at radius 3 is 2.70 bits per heavy atom. The predicted molar refractivity (Wildman–Crippen MR) is 74.6 cm³/mol. The van der Waals surface area contributed by atoms with Gasteiger partial charge in [0.15, 0.2) is 0 Å². The molecule has 2 heterocycles. The number of aromatic nitrogens is 3. The molecule has 3 rings (SSSR count). The van der Waals surface area contributed by atoms with Crippen LogP contribution in [-0.4, -0.2) is 20.2 Å². The summed E-state index contributed by atoms with van der Waals surface area (Å²) in [6.07, 6.45) is 1.49. The first-order valence-electron chi connectivity index (χ1n) is 5.58. The summed E-state index contributed by atoms with van der Waals surface area (Å²) in [5, 5.41) is 14.2. The van der Waals surface area contributed by atoms with Crippen LogP contribution in [0, 0.1) is 0 Å². The fourth-order valence-corrected chi connectivity index (χ4v) is 1.93. The minimum Gasteiger partial charge on any atom is -0.508 e. The number of nitrogens with zero attached hydrogens (tertiary/aromatic N) is 3. The van der Waals surface area contributed by atoms with E-state index in [4.69, 9.17) is 27.7 Å². The molecule has 7 heteroatoms. The van der Waals surface area contributed by atoms with Gasteiger partial charge in [-0.15, -0.1) is 0 Å². The lowest BCUT2D eigenvalue weighted by Gasteiger charge is -1.98. The van der Waals surface area contributed by atoms with E-state index in [1.165, 1.54) is 18.3 Å². The summed E-state index contributed by atoms with van der Waals surface area (Å²) in [6, 6.07) is 7.84. The number of pyridine rings is 1. The minimum absolute atomic E-state index is 0.0637. The normalized spacial score (nSPS) is 10.7. The summed E-state index contributed by atoms with van der Waals surface area (Å²) in [6.45, 7) is 0. The summed E-state index contributed by atoms with van der Waals surface area (Å²) >= 11 is 11.8. The lowest BCUT2D eigenvalue weighted by molar-refractivity contribution is 0.431. The molecule has 0 saturated carbocycles. The highest BCUT2D eigenvalue weighted by Gasteiger charge is 2.14. The van der Waals surface area contributed by atoms with Crippen LogP contribution in [-0.2, 0) is 0 Å². The first-order valence-corrected chi connectivity index (χ1v) is 6.33. The van der Waals surface area contributed by atoms with Crippen LogP contribution in [0.1, 0.15) is 0 Å². The quantitative estimate of drug-likeness (QED) is 0.779. The Kier molecular flexibility index (Phi) is 3.30. The van der Waals surface area contributed by atoms with E-state index in [0.717, 1.165) is 0 Å². The third-order valence-corrected chi connectivity index (χ3v) is 3.12. The van der Waals surface area contributed by atoms with Crippen molar-refractivity contribution in [3.8, 4) is 28.7 Å². The van der Waals surface area contributed by atoms with Crippen LogP contribution in [0.5, 0.6) is 5.75 Å². The van der Waals surface area contributed by atoms with Gasteiger partial charge in [0.1, 0.15) is 11.4 Å². The van der Waals surface area contributed by atoms with E-state index in [2.05, 4.69) is 15.1 Å². The van der Waals surface area contributed by atoms with Crippen molar-refractivity contribution in [1.29, 1.82) is 0 Å². The fourth-order valence-electron chi connectivity index (χ4n) is 1.62. The predicted octanol–water partition coefficient (Wildman–Crippen LogP) is 3.81. The Bertz CT molecular complexity index is 757. The summed E-state index contributed by atoms with van der Waals surface area (Å²) in [5.41, 5.74) is 0.986. The second-order valence-electron chi connectivity index (χ2n) is 3.95. The number of hydrogen-bond donors (Lipinski definition) is 1. The Morgan fingerprint density at radius 2 is 1.95 bits per heavy atom. The van der Waals surface area contributed by atoms with Crippen LogP contribution in [0.25, 0.3) is 23.0 Å². The van der Waals surface area contributed by atoms with Crippen LogP contribution in [0.4, 0.5) is 0 Å². The van der Waals surface area contributed by atoms with Crippen molar-refractivity contribution in [1.82, 2.24) is 15.1 Å². The van der Waals surface area contributed by atoms with Gasteiger partial charge >= 0.3 is 0 Å². The molecule has 0 radical (unpaired) electrons. The van der Waals surface area contributed by atoms with Crippen molar-refractivity contribution in [2.24, 2.45) is 0 Å². The smallest absolute Gasteiger partial charge is 0.259 e. The summed E-state index contributed by atoms with van der Waals surface area (Å²) in [4.78, 5) is 8.30. The average Bonchev–Trinajstić information content (AvgIpc) is 2.92. The molecular weight excluding hydrogens is 301 g/mol. The van der Waals surface area contributed by atoms with Gasteiger partial charge in [-0.3, -0.25) is 4.98 Å². The average molecular weight is 308 g/mol. The Hall–Kier alpha value is -2.11. The minimum atomic E-state index is 0.0637. The van der Waals surface area contributed by atoms with Crippen LogP contribution < -0.4 is 0 Å². The molecule has 0 unspecified atom stereocenters. The van der Waals surface area contributed by atoms with Crippen LogP contribution in [0.15, 0.2) is 41.1 Å². The van der Waals surface area contributed by atoms with Gasteiger partial charge in [0.25, 0.3) is 5.89 Å². The largest absolute Gasteiger partial charge is 0.508 e. The summed E-state index contributed by atoms with van der Waals surface area (Å²) in [7, 11) is 0. The molecule has 0 aliphatic rings. The van der Waals surface area contributed by atoms with Crippen LogP contribution >= 0.6 is 23.2 Å². The van der Waals surface area contributed by atoms with E-state index < -0.39 is 0 Å². The molecule has 0 aliphatic carbocycles. The molecular formula is C13H7Cl2N3O2. The molecule has 0 spiro atoms. The molecule has 0 amide bonds. The number of hydrogen-bond acceptors (Lipinski definition) is 5. The number of aromatic hydroxyl groups is 1. The monoisotopic (exact) mass is 307 g/mol.